The predicted octanol–water partition coefficient (Wildman–Crippen LogP) is 11.0. The maximum atomic E-state index is 2.87. The van der Waals surface area contributed by atoms with Crippen molar-refractivity contribution in [2.45, 2.75) is 166 Å². The number of rotatable bonds is 18. The summed E-state index contributed by atoms with van der Waals surface area (Å²) in [6.07, 6.45) is 31.7. The Labute approximate surface area is 227 Å². The first kappa shape index (κ1) is 30.0. The van der Waals surface area contributed by atoms with Crippen molar-refractivity contribution >= 4 is 18.9 Å². The summed E-state index contributed by atoms with van der Waals surface area (Å²) in [5.41, 5.74) is 3.63. The highest BCUT2D eigenvalue weighted by Crippen LogP contribution is 2.56. The number of anilines is 1. The van der Waals surface area contributed by atoms with E-state index in [0.717, 1.165) is 11.3 Å². The third-order valence-corrected chi connectivity index (χ3v) is 12.5. The monoisotopic (exact) mass is 513 g/mol. The molecule has 2 aliphatic rings. The highest BCUT2D eigenvalue weighted by molar-refractivity contribution is 7.67. The second-order valence-corrected chi connectivity index (χ2v) is 14.8. The Balaban J connectivity index is 1.75. The average molecular weight is 514 g/mol. The van der Waals surface area contributed by atoms with Gasteiger partial charge in [-0.25, -0.2) is 0 Å². The van der Waals surface area contributed by atoms with Crippen molar-refractivity contribution in [2.75, 3.05) is 18.0 Å². The summed E-state index contributed by atoms with van der Waals surface area (Å²) in [5, 5.41) is 1.81. The molecule has 1 nitrogen and oxygen atoms in total. The SMILES string of the molecule is CCCCCCCCN(CCCCCCCC)c1ccccc1P(C1CCCCC1)C1CCCCC1. The number of para-hydroxylation sites is 1. The van der Waals surface area contributed by atoms with Crippen LogP contribution in [0, 0.1) is 0 Å². The quantitative estimate of drug-likeness (QED) is 0.139. The molecule has 36 heavy (non-hydrogen) atoms. The molecule has 0 heterocycles. The Morgan fingerprint density at radius 2 is 1.03 bits per heavy atom. The molecular formula is C34H60NP. The molecule has 0 saturated heterocycles. The molecule has 0 bridgehead atoms. The molecule has 0 spiro atoms. The molecule has 0 amide bonds. The minimum Gasteiger partial charge on any atom is -0.371 e. The van der Waals surface area contributed by atoms with Gasteiger partial charge in [-0.05, 0) is 61.2 Å². The molecule has 0 radical (unpaired) electrons. The van der Waals surface area contributed by atoms with Crippen LogP contribution in [0.5, 0.6) is 0 Å². The summed E-state index contributed by atoms with van der Waals surface area (Å²) in [5.74, 6) is 0. The molecule has 0 unspecified atom stereocenters. The van der Waals surface area contributed by atoms with Gasteiger partial charge in [0.1, 0.15) is 0 Å². The van der Waals surface area contributed by atoms with Crippen LogP contribution in [-0.2, 0) is 0 Å². The molecule has 1 aromatic carbocycles. The summed E-state index contributed by atoms with van der Waals surface area (Å²) in [4.78, 5) is 2.87. The van der Waals surface area contributed by atoms with Gasteiger partial charge in [0.05, 0.1) is 0 Å². The van der Waals surface area contributed by atoms with E-state index in [1.165, 1.54) is 154 Å². The van der Waals surface area contributed by atoms with Crippen molar-refractivity contribution < 1.29 is 0 Å². The topological polar surface area (TPSA) is 3.24 Å². The highest BCUT2D eigenvalue weighted by Gasteiger charge is 2.34. The minimum atomic E-state index is -0.0403. The zero-order chi connectivity index (χ0) is 25.3. The van der Waals surface area contributed by atoms with Gasteiger partial charge in [0, 0.05) is 18.8 Å². The van der Waals surface area contributed by atoms with Gasteiger partial charge in [0.2, 0.25) is 0 Å². The Bertz CT molecular complexity index is 627. The van der Waals surface area contributed by atoms with Crippen molar-refractivity contribution in [3.63, 3.8) is 0 Å². The van der Waals surface area contributed by atoms with E-state index in [-0.39, 0.29) is 7.92 Å². The van der Waals surface area contributed by atoms with Crippen LogP contribution in [0.15, 0.2) is 24.3 Å². The molecule has 0 N–H and O–H groups in total. The van der Waals surface area contributed by atoms with E-state index in [0.29, 0.717) is 0 Å². The zero-order valence-electron chi connectivity index (χ0n) is 24.3. The fourth-order valence-corrected chi connectivity index (χ4v) is 10.8. The van der Waals surface area contributed by atoms with Gasteiger partial charge in [-0.2, -0.15) is 0 Å². The lowest BCUT2D eigenvalue weighted by atomic mass is 9.99. The highest BCUT2D eigenvalue weighted by atomic mass is 31.1. The molecule has 2 saturated carbocycles. The number of nitrogens with zero attached hydrogens (tertiary/aromatic N) is 1. The first-order chi connectivity index (χ1) is 17.8. The molecular weight excluding hydrogens is 453 g/mol. The molecule has 206 valence electrons. The summed E-state index contributed by atoms with van der Waals surface area (Å²) in [7, 11) is -0.0403. The molecule has 1 aromatic rings. The second-order valence-electron chi connectivity index (χ2n) is 12.0. The van der Waals surface area contributed by atoms with Gasteiger partial charge < -0.3 is 4.90 Å². The molecule has 0 aliphatic heterocycles. The molecule has 0 atom stereocenters. The van der Waals surface area contributed by atoms with Crippen LogP contribution in [0.2, 0.25) is 0 Å². The van der Waals surface area contributed by atoms with Gasteiger partial charge in [-0.15, -0.1) is 0 Å². The van der Waals surface area contributed by atoms with E-state index in [2.05, 4.69) is 43.0 Å². The minimum absolute atomic E-state index is 0.0403. The van der Waals surface area contributed by atoms with Crippen molar-refractivity contribution in [3.8, 4) is 0 Å². The van der Waals surface area contributed by atoms with E-state index >= 15 is 0 Å². The van der Waals surface area contributed by atoms with Crippen molar-refractivity contribution in [3.05, 3.63) is 24.3 Å². The van der Waals surface area contributed by atoms with Gasteiger partial charge >= 0.3 is 0 Å². The van der Waals surface area contributed by atoms with E-state index in [1.54, 1.807) is 5.69 Å². The number of hydrogen-bond donors (Lipinski definition) is 0. The molecule has 0 aromatic heterocycles. The normalized spacial score (nSPS) is 17.6. The van der Waals surface area contributed by atoms with Gasteiger partial charge in [0.25, 0.3) is 0 Å². The number of benzene rings is 1. The standard InChI is InChI=1S/C34H60NP/c1-3-5-7-9-11-21-29-35(30-22-12-10-8-6-4-2)33-27-19-20-28-34(33)36(31-23-15-13-16-24-31)32-25-17-14-18-26-32/h19-20,27-28,31-32H,3-18,21-26,29-30H2,1-2H3. The average Bonchev–Trinajstić information content (AvgIpc) is 2.93. The third kappa shape index (κ3) is 10.3. The summed E-state index contributed by atoms with van der Waals surface area (Å²) < 4.78 is 0. The van der Waals surface area contributed by atoms with E-state index < -0.39 is 0 Å². The summed E-state index contributed by atoms with van der Waals surface area (Å²) >= 11 is 0. The Hall–Kier alpha value is -0.550. The summed E-state index contributed by atoms with van der Waals surface area (Å²) in [6, 6.07) is 9.86. The van der Waals surface area contributed by atoms with Crippen LogP contribution in [0.4, 0.5) is 5.69 Å². The van der Waals surface area contributed by atoms with Gasteiger partial charge in [0.15, 0.2) is 0 Å². The van der Waals surface area contributed by atoms with Gasteiger partial charge in [-0.1, -0.05) is 143 Å². The lowest BCUT2D eigenvalue weighted by Gasteiger charge is -2.41. The Kier molecular flexibility index (Phi) is 15.5. The number of unbranched alkanes of at least 4 members (excludes halogenated alkanes) is 10. The molecule has 2 fully saturated rings. The predicted molar refractivity (Wildman–Crippen MR) is 166 cm³/mol. The van der Waals surface area contributed by atoms with Crippen molar-refractivity contribution in [2.24, 2.45) is 0 Å². The maximum absolute atomic E-state index is 2.87. The van der Waals surface area contributed by atoms with Crippen LogP contribution in [0.3, 0.4) is 0 Å². The van der Waals surface area contributed by atoms with Crippen LogP contribution in [0.1, 0.15) is 155 Å². The molecule has 2 heteroatoms. The molecule has 2 aliphatic carbocycles. The van der Waals surface area contributed by atoms with E-state index in [1.807, 2.05) is 5.30 Å². The number of hydrogen-bond acceptors (Lipinski definition) is 1. The Morgan fingerprint density at radius 1 is 0.583 bits per heavy atom. The lowest BCUT2D eigenvalue weighted by molar-refractivity contribution is 0.487. The molecule has 3 rings (SSSR count). The smallest absolute Gasteiger partial charge is 0.0444 e. The van der Waals surface area contributed by atoms with Gasteiger partial charge in [-0.3, -0.25) is 0 Å². The zero-order valence-corrected chi connectivity index (χ0v) is 25.2. The van der Waals surface area contributed by atoms with E-state index in [9.17, 15) is 0 Å². The van der Waals surface area contributed by atoms with Crippen LogP contribution < -0.4 is 10.2 Å². The fraction of sp³-hybridized carbons (Fsp3) is 0.824. The lowest BCUT2D eigenvalue weighted by Crippen LogP contribution is -2.33. The van der Waals surface area contributed by atoms with Crippen molar-refractivity contribution in [1.82, 2.24) is 0 Å². The first-order valence-electron chi connectivity index (χ1n) is 16.5. The van der Waals surface area contributed by atoms with E-state index in [4.69, 9.17) is 0 Å². The second kappa shape index (κ2) is 18.7. The van der Waals surface area contributed by atoms with Crippen molar-refractivity contribution in [1.29, 1.82) is 0 Å². The van der Waals surface area contributed by atoms with Crippen LogP contribution >= 0.6 is 7.92 Å². The largest absolute Gasteiger partial charge is 0.371 e. The fourth-order valence-electron chi connectivity index (χ4n) is 6.88. The third-order valence-electron chi connectivity index (χ3n) is 9.00. The summed E-state index contributed by atoms with van der Waals surface area (Å²) in [6.45, 7) is 7.21. The van der Waals surface area contributed by atoms with Crippen LogP contribution in [-0.4, -0.2) is 24.4 Å². The Morgan fingerprint density at radius 3 is 1.53 bits per heavy atom. The first-order valence-corrected chi connectivity index (χ1v) is 18.0. The van der Waals surface area contributed by atoms with Crippen LogP contribution in [0.25, 0.3) is 0 Å². The maximum Gasteiger partial charge on any atom is 0.0444 e.